The molecule has 2 rings (SSSR count). The number of ether oxygens (including phenoxy) is 1. The van der Waals surface area contributed by atoms with Crippen molar-refractivity contribution in [2.45, 2.75) is 26.4 Å². The van der Waals surface area contributed by atoms with Gasteiger partial charge in [0.15, 0.2) is 5.75 Å². The van der Waals surface area contributed by atoms with Crippen LogP contribution in [0.15, 0.2) is 24.4 Å². The zero-order valence-electron chi connectivity index (χ0n) is 12.4. The first-order chi connectivity index (χ1) is 10.1. The van der Waals surface area contributed by atoms with Crippen molar-refractivity contribution < 1.29 is 9.13 Å². The molecule has 0 radical (unpaired) electrons. The van der Waals surface area contributed by atoms with Crippen molar-refractivity contribution in [1.29, 1.82) is 0 Å². The Labute approximate surface area is 128 Å². The first-order valence-electron chi connectivity index (χ1n) is 6.90. The van der Waals surface area contributed by atoms with E-state index in [4.69, 9.17) is 16.3 Å². The molecule has 1 N–H and O–H groups in total. The minimum absolute atomic E-state index is 0.108. The van der Waals surface area contributed by atoms with E-state index in [9.17, 15) is 4.39 Å². The minimum Gasteiger partial charge on any atom is -0.493 e. The summed E-state index contributed by atoms with van der Waals surface area (Å²) in [7, 11) is 1.61. The van der Waals surface area contributed by atoms with Crippen LogP contribution in [0.5, 0.6) is 5.75 Å². The van der Waals surface area contributed by atoms with Gasteiger partial charge in [0.05, 0.1) is 24.4 Å². The molecule has 6 heteroatoms. The van der Waals surface area contributed by atoms with Gasteiger partial charge in [-0.1, -0.05) is 24.6 Å². The smallest absolute Gasteiger partial charge is 0.161 e. The molecule has 21 heavy (non-hydrogen) atoms. The third kappa shape index (κ3) is 3.19. The van der Waals surface area contributed by atoms with Crippen LogP contribution in [-0.2, 0) is 6.54 Å². The molecule has 4 nitrogen and oxygen atoms in total. The van der Waals surface area contributed by atoms with Crippen LogP contribution in [-0.4, -0.2) is 23.4 Å². The fourth-order valence-corrected chi connectivity index (χ4v) is 2.54. The van der Waals surface area contributed by atoms with Gasteiger partial charge in [0.2, 0.25) is 0 Å². The molecule has 1 aromatic carbocycles. The number of aryl methyl sites for hydroxylation is 1. The third-order valence-corrected chi connectivity index (χ3v) is 3.61. The minimum atomic E-state index is -0.424. The molecule has 0 saturated carbocycles. The summed E-state index contributed by atoms with van der Waals surface area (Å²) < 4.78 is 20.7. The number of methoxy groups -OCH3 is 1. The van der Waals surface area contributed by atoms with Crippen molar-refractivity contribution >= 4 is 11.6 Å². The lowest BCUT2D eigenvalue weighted by Crippen LogP contribution is -2.25. The quantitative estimate of drug-likeness (QED) is 0.888. The van der Waals surface area contributed by atoms with Gasteiger partial charge in [0.25, 0.3) is 0 Å². The summed E-state index contributed by atoms with van der Waals surface area (Å²) in [5, 5.41) is 7.80. The fourth-order valence-electron chi connectivity index (χ4n) is 2.35. The summed E-state index contributed by atoms with van der Waals surface area (Å²) in [5.41, 5.74) is 1.78. The molecule has 114 valence electrons. The maximum absolute atomic E-state index is 13.4. The van der Waals surface area contributed by atoms with Crippen molar-refractivity contribution in [3.05, 3.63) is 46.5 Å². The SMILES string of the molecule is CCNC(c1ccc(F)c(Cl)c1)c1c(OC)cnn1CC. The molecule has 0 spiro atoms. The first-order valence-corrected chi connectivity index (χ1v) is 7.28. The van der Waals surface area contributed by atoms with Gasteiger partial charge in [-0.25, -0.2) is 4.39 Å². The second-order valence-electron chi connectivity index (χ2n) is 4.58. The van der Waals surface area contributed by atoms with Gasteiger partial charge < -0.3 is 10.1 Å². The van der Waals surface area contributed by atoms with Gasteiger partial charge in [-0.3, -0.25) is 4.68 Å². The number of rotatable bonds is 6. The standard InChI is InChI=1S/C15H19ClFN3O/c1-4-18-14(10-6-7-12(17)11(16)8-10)15-13(21-3)9-19-20(15)5-2/h6-9,14,18H,4-5H2,1-3H3. The average Bonchev–Trinajstić information content (AvgIpc) is 2.90. The zero-order valence-corrected chi connectivity index (χ0v) is 13.1. The highest BCUT2D eigenvalue weighted by Crippen LogP contribution is 2.31. The van der Waals surface area contributed by atoms with Crippen LogP contribution in [0.25, 0.3) is 0 Å². The Morgan fingerprint density at radius 1 is 1.43 bits per heavy atom. The molecule has 0 aliphatic rings. The molecule has 0 amide bonds. The molecule has 1 aromatic heterocycles. The third-order valence-electron chi connectivity index (χ3n) is 3.32. The Morgan fingerprint density at radius 3 is 2.76 bits per heavy atom. The Kier molecular flexibility index (Phi) is 5.20. The van der Waals surface area contributed by atoms with E-state index in [0.717, 1.165) is 24.3 Å². The van der Waals surface area contributed by atoms with E-state index in [-0.39, 0.29) is 11.1 Å². The molecule has 0 bridgehead atoms. The Hall–Kier alpha value is -1.59. The normalized spacial score (nSPS) is 12.4. The summed E-state index contributed by atoms with van der Waals surface area (Å²) >= 11 is 5.91. The topological polar surface area (TPSA) is 39.1 Å². The number of benzene rings is 1. The first kappa shape index (κ1) is 15.8. The van der Waals surface area contributed by atoms with Gasteiger partial charge in [-0.2, -0.15) is 5.10 Å². The Balaban J connectivity index is 2.52. The van der Waals surface area contributed by atoms with Gasteiger partial charge >= 0.3 is 0 Å². The van der Waals surface area contributed by atoms with Crippen LogP contribution in [0.4, 0.5) is 4.39 Å². The summed E-state index contributed by atoms with van der Waals surface area (Å²) in [6, 6.07) is 4.57. The van der Waals surface area contributed by atoms with E-state index in [2.05, 4.69) is 10.4 Å². The number of nitrogens with one attached hydrogen (secondary N) is 1. The molecule has 2 aromatic rings. The zero-order chi connectivity index (χ0) is 15.4. The maximum Gasteiger partial charge on any atom is 0.161 e. The van der Waals surface area contributed by atoms with Crippen molar-refractivity contribution in [2.24, 2.45) is 0 Å². The number of hydrogen-bond acceptors (Lipinski definition) is 3. The molecule has 1 atom stereocenters. The second-order valence-corrected chi connectivity index (χ2v) is 4.99. The Morgan fingerprint density at radius 2 is 2.19 bits per heavy atom. The molecule has 1 unspecified atom stereocenters. The molecular formula is C15H19ClFN3O. The number of nitrogens with zero attached hydrogens (tertiary/aromatic N) is 2. The fraction of sp³-hybridized carbons (Fsp3) is 0.400. The second kappa shape index (κ2) is 6.91. The van der Waals surface area contributed by atoms with Crippen LogP contribution in [0, 0.1) is 5.82 Å². The highest BCUT2D eigenvalue weighted by Gasteiger charge is 2.23. The van der Waals surface area contributed by atoms with Crippen LogP contribution in [0.1, 0.15) is 31.1 Å². The summed E-state index contributed by atoms with van der Waals surface area (Å²) in [4.78, 5) is 0. The largest absolute Gasteiger partial charge is 0.493 e. The average molecular weight is 312 g/mol. The molecule has 0 aliphatic carbocycles. The van der Waals surface area contributed by atoms with Crippen molar-refractivity contribution in [3.8, 4) is 5.75 Å². The lowest BCUT2D eigenvalue weighted by atomic mass is 10.0. The van der Waals surface area contributed by atoms with E-state index < -0.39 is 5.82 Å². The van der Waals surface area contributed by atoms with E-state index >= 15 is 0 Å². The summed E-state index contributed by atoms with van der Waals surface area (Å²) in [6.07, 6.45) is 1.69. The van der Waals surface area contributed by atoms with E-state index in [1.807, 2.05) is 18.5 Å². The maximum atomic E-state index is 13.4. The summed E-state index contributed by atoms with van der Waals surface area (Å²) in [5.74, 6) is 0.273. The highest BCUT2D eigenvalue weighted by atomic mass is 35.5. The number of hydrogen-bond donors (Lipinski definition) is 1. The molecule has 1 heterocycles. The lowest BCUT2D eigenvalue weighted by Gasteiger charge is -2.21. The molecule has 0 aliphatic heterocycles. The summed E-state index contributed by atoms with van der Waals surface area (Å²) in [6.45, 7) is 5.49. The number of halogens is 2. The van der Waals surface area contributed by atoms with E-state index in [1.165, 1.54) is 6.07 Å². The molecule has 0 saturated heterocycles. The van der Waals surface area contributed by atoms with Crippen LogP contribution in [0.3, 0.4) is 0 Å². The van der Waals surface area contributed by atoms with E-state index in [0.29, 0.717) is 5.75 Å². The molecule has 0 fully saturated rings. The van der Waals surface area contributed by atoms with Gasteiger partial charge in [-0.05, 0) is 31.2 Å². The van der Waals surface area contributed by atoms with E-state index in [1.54, 1.807) is 25.4 Å². The van der Waals surface area contributed by atoms with Crippen molar-refractivity contribution in [3.63, 3.8) is 0 Å². The molecular weight excluding hydrogens is 293 g/mol. The highest BCUT2D eigenvalue weighted by molar-refractivity contribution is 6.30. The van der Waals surface area contributed by atoms with Crippen LogP contribution in [0.2, 0.25) is 5.02 Å². The predicted molar refractivity (Wildman–Crippen MR) is 81.4 cm³/mol. The van der Waals surface area contributed by atoms with Crippen molar-refractivity contribution in [2.75, 3.05) is 13.7 Å². The van der Waals surface area contributed by atoms with Gasteiger partial charge in [0.1, 0.15) is 11.5 Å². The van der Waals surface area contributed by atoms with Crippen molar-refractivity contribution in [1.82, 2.24) is 15.1 Å². The lowest BCUT2D eigenvalue weighted by molar-refractivity contribution is 0.399. The van der Waals surface area contributed by atoms with Crippen LogP contribution < -0.4 is 10.1 Å². The van der Waals surface area contributed by atoms with Gasteiger partial charge in [-0.15, -0.1) is 0 Å². The number of aromatic nitrogens is 2. The monoisotopic (exact) mass is 311 g/mol. The van der Waals surface area contributed by atoms with Crippen LogP contribution >= 0.6 is 11.6 Å². The van der Waals surface area contributed by atoms with Gasteiger partial charge in [0, 0.05) is 6.54 Å². The predicted octanol–water partition coefficient (Wildman–Crippen LogP) is 3.40. The Bertz CT molecular complexity index is 593.